The molecule has 1 aromatic rings. The molecule has 12 heavy (non-hydrogen) atoms. The van der Waals surface area contributed by atoms with Crippen molar-refractivity contribution in [2.24, 2.45) is 0 Å². The van der Waals surface area contributed by atoms with E-state index in [1.54, 1.807) is 12.3 Å². The molecule has 1 heterocycles. The Hall–Kier alpha value is -1.31. The summed E-state index contributed by atoms with van der Waals surface area (Å²) in [5.74, 6) is 0. The van der Waals surface area contributed by atoms with Gasteiger partial charge in [0.05, 0.1) is 6.20 Å². The zero-order chi connectivity index (χ0) is 9.56. The van der Waals surface area contributed by atoms with Crippen LogP contribution in [0.3, 0.4) is 0 Å². The average Bonchev–Trinajstić information content (AvgIpc) is 2.40. The Labute approximate surface area is 72.9 Å². The molecule has 0 aliphatic rings. The second-order valence-electron chi connectivity index (χ2n) is 2.21. The van der Waals surface area contributed by atoms with Crippen LogP contribution in [0.4, 0.5) is 0 Å². The third-order valence-corrected chi connectivity index (χ3v) is 1.05. The van der Waals surface area contributed by atoms with Crippen LogP contribution in [-0.4, -0.2) is 5.16 Å². The SMILES string of the molecule is C=C(C)/C=c1/oncc1=C.CC. The maximum Gasteiger partial charge on any atom is 0.166 e. The maximum absolute atomic E-state index is 4.85. The molecular formula is C10H15NO. The number of rotatable bonds is 1. The molecule has 1 aromatic heterocycles. The van der Waals surface area contributed by atoms with E-state index in [-0.39, 0.29) is 0 Å². The van der Waals surface area contributed by atoms with Crippen LogP contribution in [-0.2, 0) is 0 Å². The van der Waals surface area contributed by atoms with E-state index in [9.17, 15) is 0 Å². The largest absolute Gasteiger partial charge is 0.356 e. The summed E-state index contributed by atoms with van der Waals surface area (Å²) in [6.07, 6.45) is 3.38. The predicted molar refractivity (Wildman–Crippen MR) is 51.9 cm³/mol. The second-order valence-corrected chi connectivity index (χ2v) is 2.21. The van der Waals surface area contributed by atoms with Crippen LogP contribution in [0.2, 0.25) is 0 Å². The summed E-state index contributed by atoms with van der Waals surface area (Å²) in [5.41, 5.74) is 1.62. The fraction of sp³-hybridized carbons (Fsp3) is 0.300. The minimum absolute atomic E-state index is 0.688. The van der Waals surface area contributed by atoms with E-state index < -0.39 is 0 Å². The number of hydrogen-bond donors (Lipinski definition) is 0. The quantitative estimate of drug-likeness (QED) is 0.629. The Bertz CT molecular complexity index is 335. The van der Waals surface area contributed by atoms with Crippen molar-refractivity contribution in [3.63, 3.8) is 0 Å². The van der Waals surface area contributed by atoms with Gasteiger partial charge >= 0.3 is 0 Å². The van der Waals surface area contributed by atoms with Gasteiger partial charge in [-0.3, -0.25) is 0 Å². The summed E-state index contributed by atoms with van der Waals surface area (Å²) >= 11 is 0. The molecule has 0 fully saturated rings. The van der Waals surface area contributed by atoms with Crippen LogP contribution in [0.5, 0.6) is 0 Å². The zero-order valence-corrected chi connectivity index (χ0v) is 7.92. The van der Waals surface area contributed by atoms with Gasteiger partial charge in [-0.1, -0.05) is 37.7 Å². The first-order valence-corrected chi connectivity index (χ1v) is 3.97. The molecule has 0 aliphatic heterocycles. The molecule has 2 nitrogen and oxygen atoms in total. The molecule has 0 unspecified atom stereocenters. The van der Waals surface area contributed by atoms with Crippen LogP contribution in [0.15, 0.2) is 22.9 Å². The van der Waals surface area contributed by atoms with Gasteiger partial charge in [0.1, 0.15) is 0 Å². The normalized spacial score (nSPS) is 10.4. The van der Waals surface area contributed by atoms with Gasteiger partial charge in [-0.05, 0) is 13.0 Å². The highest BCUT2D eigenvalue weighted by Gasteiger charge is 1.85. The summed E-state index contributed by atoms with van der Waals surface area (Å²) in [6, 6.07) is 0. The second kappa shape index (κ2) is 5.35. The van der Waals surface area contributed by atoms with Crippen molar-refractivity contribution in [1.82, 2.24) is 5.16 Å². The van der Waals surface area contributed by atoms with Gasteiger partial charge in [-0.15, -0.1) is 0 Å². The monoisotopic (exact) mass is 165 g/mol. The van der Waals surface area contributed by atoms with Gasteiger partial charge in [0.15, 0.2) is 5.42 Å². The van der Waals surface area contributed by atoms with Crippen molar-refractivity contribution in [3.8, 4) is 0 Å². The standard InChI is InChI=1S/C8H9NO.C2H6/c1-6(2)4-8-7(3)5-9-10-8;1-2/h4-5H,1,3H2,2H3;1-2H3/b8-4+;. The zero-order valence-electron chi connectivity index (χ0n) is 7.92. The van der Waals surface area contributed by atoms with Crippen molar-refractivity contribution in [2.45, 2.75) is 20.8 Å². The smallest absolute Gasteiger partial charge is 0.166 e. The van der Waals surface area contributed by atoms with E-state index in [4.69, 9.17) is 4.52 Å². The molecule has 0 saturated carbocycles. The molecular weight excluding hydrogens is 150 g/mol. The number of nitrogens with zero attached hydrogens (tertiary/aromatic N) is 1. The van der Waals surface area contributed by atoms with Crippen LogP contribution in [0.1, 0.15) is 20.8 Å². The van der Waals surface area contributed by atoms with Crippen LogP contribution in [0, 0.1) is 0 Å². The molecule has 0 aliphatic carbocycles. The molecule has 0 N–H and O–H groups in total. The van der Waals surface area contributed by atoms with Crippen molar-refractivity contribution < 1.29 is 4.52 Å². The molecule has 0 spiro atoms. The first-order chi connectivity index (χ1) is 5.70. The molecule has 0 radical (unpaired) electrons. The summed E-state index contributed by atoms with van der Waals surface area (Å²) in [4.78, 5) is 0. The number of allylic oxidation sites excluding steroid dienone is 1. The lowest BCUT2D eigenvalue weighted by atomic mass is 10.3. The molecule has 2 heteroatoms. The Morgan fingerprint density at radius 2 is 2.17 bits per heavy atom. The molecule has 1 rings (SSSR count). The van der Waals surface area contributed by atoms with Gasteiger partial charge < -0.3 is 4.52 Å². The Kier molecular flexibility index (Phi) is 4.77. The van der Waals surface area contributed by atoms with E-state index >= 15 is 0 Å². The van der Waals surface area contributed by atoms with E-state index in [0.717, 1.165) is 10.8 Å². The topological polar surface area (TPSA) is 26.0 Å². The van der Waals surface area contributed by atoms with Crippen molar-refractivity contribution in [1.29, 1.82) is 0 Å². The van der Waals surface area contributed by atoms with Gasteiger partial charge in [0.2, 0.25) is 0 Å². The maximum atomic E-state index is 4.85. The summed E-state index contributed by atoms with van der Waals surface area (Å²) in [6.45, 7) is 13.3. The van der Waals surface area contributed by atoms with E-state index in [1.165, 1.54) is 0 Å². The van der Waals surface area contributed by atoms with Crippen LogP contribution in [0.25, 0.3) is 12.7 Å². The lowest BCUT2D eigenvalue weighted by Gasteiger charge is -1.78. The van der Waals surface area contributed by atoms with E-state index in [2.05, 4.69) is 18.3 Å². The van der Waals surface area contributed by atoms with Crippen LogP contribution < -0.4 is 10.6 Å². The lowest BCUT2D eigenvalue weighted by Crippen LogP contribution is -2.16. The Balaban J connectivity index is 0.000000561. The fourth-order valence-electron chi connectivity index (χ4n) is 0.612. The average molecular weight is 165 g/mol. The molecule has 0 aromatic carbocycles. The minimum Gasteiger partial charge on any atom is -0.356 e. The molecule has 0 atom stereocenters. The Morgan fingerprint density at radius 1 is 1.58 bits per heavy atom. The summed E-state index contributed by atoms with van der Waals surface area (Å²) < 4.78 is 4.85. The molecule has 0 amide bonds. The summed E-state index contributed by atoms with van der Waals surface area (Å²) in [7, 11) is 0. The van der Waals surface area contributed by atoms with Crippen molar-refractivity contribution in [2.75, 3.05) is 0 Å². The first-order valence-electron chi connectivity index (χ1n) is 3.97. The van der Waals surface area contributed by atoms with Crippen LogP contribution >= 0.6 is 0 Å². The lowest BCUT2D eigenvalue weighted by molar-refractivity contribution is 0.394. The minimum atomic E-state index is 0.688. The van der Waals surface area contributed by atoms with Gasteiger partial charge in [-0.2, -0.15) is 0 Å². The summed E-state index contributed by atoms with van der Waals surface area (Å²) in [5, 5.41) is 4.36. The molecule has 0 saturated heterocycles. The third kappa shape index (κ3) is 3.19. The fourth-order valence-corrected chi connectivity index (χ4v) is 0.612. The van der Waals surface area contributed by atoms with Crippen molar-refractivity contribution in [3.05, 3.63) is 29.0 Å². The first kappa shape index (κ1) is 10.7. The van der Waals surface area contributed by atoms with E-state index in [0.29, 0.717) is 5.42 Å². The number of aromatic nitrogens is 1. The molecule has 0 bridgehead atoms. The van der Waals surface area contributed by atoms with E-state index in [1.807, 2.05) is 20.8 Å². The van der Waals surface area contributed by atoms with Gasteiger partial charge in [0.25, 0.3) is 0 Å². The highest BCUT2D eigenvalue weighted by Crippen LogP contribution is 1.84. The Morgan fingerprint density at radius 3 is 2.50 bits per heavy atom. The number of hydrogen-bond acceptors (Lipinski definition) is 2. The highest BCUT2D eigenvalue weighted by atomic mass is 16.5. The van der Waals surface area contributed by atoms with Crippen molar-refractivity contribution >= 4 is 12.7 Å². The van der Waals surface area contributed by atoms with Gasteiger partial charge in [0, 0.05) is 5.22 Å². The highest BCUT2D eigenvalue weighted by molar-refractivity contribution is 5.40. The third-order valence-electron chi connectivity index (χ3n) is 1.05. The molecule has 66 valence electrons. The van der Waals surface area contributed by atoms with Gasteiger partial charge in [-0.25, -0.2) is 0 Å². The predicted octanol–water partition coefficient (Wildman–Crippen LogP) is 1.47.